The van der Waals surface area contributed by atoms with E-state index in [1.807, 2.05) is 26.2 Å². The van der Waals surface area contributed by atoms with Crippen LogP contribution in [-0.4, -0.2) is 27.5 Å². The van der Waals surface area contributed by atoms with Crippen LogP contribution in [0.4, 0.5) is 5.69 Å². The smallest absolute Gasteiger partial charge is 0.177 e. The van der Waals surface area contributed by atoms with Crippen molar-refractivity contribution >= 4 is 5.69 Å². The largest absolute Gasteiger partial charge is 0.378 e. The number of benzene rings is 1. The fraction of sp³-hybridized carbons (Fsp3) is 0.385. The summed E-state index contributed by atoms with van der Waals surface area (Å²) in [5.74, 6) is 0. The zero-order valence-corrected chi connectivity index (χ0v) is 9.88. The first-order valence-corrected chi connectivity index (χ1v) is 5.34. The zero-order chi connectivity index (χ0) is 11.5. The molecule has 0 saturated carbocycles. The van der Waals surface area contributed by atoms with Crippen molar-refractivity contribution in [2.75, 3.05) is 26.1 Å². The number of nitrogens with zero attached hydrogens (tertiary/aromatic N) is 1. The minimum Gasteiger partial charge on any atom is -0.378 e. The Balaban J connectivity index is 2.09. The molecular weight excluding hydrogens is 202 g/mol. The molecule has 0 aliphatic carbocycles. The molecule has 0 spiro atoms. The molecule has 2 atom stereocenters. The third kappa shape index (κ3) is 2.26. The van der Waals surface area contributed by atoms with Crippen molar-refractivity contribution in [2.24, 2.45) is 0 Å². The number of ether oxygens (including phenoxy) is 2. The second kappa shape index (κ2) is 4.68. The lowest BCUT2D eigenvalue weighted by atomic mass is 10.1. The van der Waals surface area contributed by atoms with Crippen LogP contribution < -0.4 is 4.90 Å². The van der Waals surface area contributed by atoms with Crippen LogP contribution in [0.1, 0.15) is 11.7 Å². The molecule has 3 heteroatoms. The molecule has 3 nitrogen and oxygen atoms in total. The minimum absolute atomic E-state index is 0.0150. The van der Waals surface area contributed by atoms with E-state index < -0.39 is 0 Å². The van der Waals surface area contributed by atoms with Crippen molar-refractivity contribution in [1.29, 1.82) is 0 Å². The fourth-order valence-electron chi connectivity index (χ4n) is 1.71. The number of methoxy groups -OCH3 is 1. The first-order valence-electron chi connectivity index (χ1n) is 5.34. The van der Waals surface area contributed by atoms with Gasteiger partial charge in [-0.2, -0.15) is 0 Å². The topological polar surface area (TPSA) is 21.7 Å². The maximum Gasteiger partial charge on any atom is 0.177 e. The molecule has 1 aromatic rings. The Kier molecular flexibility index (Phi) is 3.27. The van der Waals surface area contributed by atoms with Gasteiger partial charge in [-0.25, -0.2) is 0 Å². The predicted molar refractivity (Wildman–Crippen MR) is 64.5 cm³/mol. The monoisotopic (exact) mass is 219 g/mol. The lowest BCUT2D eigenvalue weighted by Crippen LogP contribution is -2.10. The van der Waals surface area contributed by atoms with E-state index in [4.69, 9.17) is 9.47 Å². The van der Waals surface area contributed by atoms with Crippen molar-refractivity contribution in [3.8, 4) is 0 Å². The van der Waals surface area contributed by atoms with Crippen LogP contribution in [0.5, 0.6) is 0 Å². The first kappa shape index (κ1) is 11.2. The van der Waals surface area contributed by atoms with E-state index in [1.165, 1.54) is 5.69 Å². The van der Waals surface area contributed by atoms with Gasteiger partial charge in [-0.05, 0) is 23.8 Å². The van der Waals surface area contributed by atoms with Crippen LogP contribution in [0.25, 0.3) is 0 Å². The van der Waals surface area contributed by atoms with Gasteiger partial charge in [0.1, 0.15) is 6.10 Å². The predicted octanol–water partition coefficient (Wildman–Crippen LogP) is 2.35. The molecule has 1 aromatic carbocycles. The summed E-state index contributed by atoms with van der Waals surface area (Å²) in [6.07, 6.45) is 3.77. The first-order chi connectivity index (χ1) is 7.70. The van der Waals surface area contributed by atoms with E-state index in [9.17, 15) is 0 Å². The molecule has 86 valence electrons. The zero-order valence-electron chi connectivity index (χ0n) is 9.88. The Hall–Kier alpha value is -1.32. The molecular formula is C13H17NO2. The fourth-order valence-corrected chi connectivity index (χ4v) is 1.71. The molecule has 2 rings (SSSR count). The summed E-state index contributed by atoms with van der Waals surface area (Å²) >= 11 is 0. The lowest BCUT2D eigenvalue weighted by molar-refractivity contribution is -0.0991. The average Bonchev–Trinajstić information content (AvgIpc) is 2.77. The third-order valence-corrected chi connectivity index (χ3v) is 2.69. The minimum atomic E-state index is -0.210. The lowest BCUT2D eigenvalue weighted by Gasteiger charge is -2.16. The average molecular weight is 219 g/mol. The molecule has 1 heterocycles. The summed E-state index contributed by atoms with van der Waals surface area (Å²) in [4.78, 5) is 2.08. The van der Waals surface area contributed by atoms with Crippen molar-refractivity contribution in [3.05, 3.63) is 42.0 Å². The summed E-state index contributed by atoms with van der Waals surface area (Å²) in [5.41, 5.74) is 2.34. The van der Waals surface area contributed by atoms with Crippen molar-refractivity contribution < 1.29 is 9.47 Å². The molecule has 16 heavy (non-hydrogen) atoms. The van der Waals surface area contributed by atoms with Gasteiger partial charge in [0.25, 0.3) is 0 Å². The highest BCUT2D eigenvalue weighted by Gasteiger charge is 2.19. The van der Waals surface area contributed by atoms with Crippen LogP contribution >= 0.6 is 0 Å². The Labute approximate surface area is 96.3 Å². The summed E-state index contributed by atoms with van der Waals surface area (Å²) in [6, 6.07) is 8.35. The normalized spacial score (nSPS) is 23.7. The Morgan fingerprint density at radius 3 is 2.31 bits per heavy atom. The SMILES string of the molecule is CO[C@@H]1C=C[C@H](c2ccc(N(C)C)cc2)O1. The van der Waals surface area contributed by atoms with Gasteiger partial charge in [-0.3, -0.25) is 0 Å². The van der Waals surface area contributed by atoms with E-state index in [1.54, 1.807) is 7.11 Å². The van der Waals surface area contributed by atoms with Crippen LogP contribution in [-0.2, 0) is 9.47 Å². The van der Waals surface area contributed by atoms with E-state index in [2.05, 4.69) is 29.2 Å². The van der Waals surface area contributed by atoms with E-state index in [0.717, 1.165) is 5.56 Å². The summed E-state index contributed by atoms with van der Waals surface area (Å²) in [7, 11) is 5.70. The highest BCUT2D eigenvalue weighted by Crippen LogP contribution is 2.27. The van der Waals surface area contributed by atoms with Gasteiger partial charge in [0.2, 0.25) is 0 Å². The molecule has 0 aromatic heterocycles. The van der Waals surface area contributed by atoms with E-state index >= 15 is 0 Å². The maximum atomic E-state index is 5.65. The van der Waals surface area contributed by atoms with E-state index in [0.29, 0.717) is 0 Å². The standard InChI is InChI=1S/C13H17NO2/c1-14(2)11-6-4-10(5-7-11)12-8-9-13(15-3)16-12/h4-9,12-13H,1-3H3/t12-,13+/m1/s1. The number of anilines is 1. The van der Waals surface area contributed by atoms with Crippen LogP contribution in [0.3, 0.4) is 0 Å². The van der Waals surface area contributed by atoms with Crippen LogP contribution in [0.2, 0.25) is 0 Å². The maximum absolute atomic E-state index is 5.65. The van der Waals surface area contributed by atoms with Gasteiger partial charge in [0, 0.05) is 26.9 Å². The molecule has 0 amide bonds. The van der Waals surface area contributed by atoms with Gasteiger partial charge < -0.3 is 14.4 Å². The molecule has 1 aliphatic heterocycles. The second-order valence-corrected chi connectivity index (χ2v) is 4.03. The Morgan fingerprint density at radius 2 is 1.81 bits per heavy atom. The number of hydrogen-bond acceptors (Lipinski definition) is 3. The van der Waals surface area contributed by atoms with E-state index in [-0.39, 0.29) is 12.4 Å². The van der Waals surface area contributed by atoms with Gasteiger partial charge >= 0.3 is 0 Å². The summed E-state index contributed by atoms with van der Waals surface area (Å²) in [5, 5.41) is 0. The highest BCUT2D eigenvalue weighted by molar-refractivity contribution is 5.46. The Bertz CT molecular complexity index is 370. The van der Waals surface area contributed by atoms with Crippen LogP contribution in [0.15, 0.2) is 36.4 Å². The van der Waals surface area contributed by atoms with Gasteiger partial charge in [-0.15, -0.1) is 0 Å². The third-order valence-electron chi connectivity index (χ3n) is 2.69. The summed E-state index contributed by atoms with van der Waals surface area (Å²) < 4.78 is 10.8. The second-order valence-electron chi connectivity index (χ2n) is 4.03. The molecule has 0 unspecified atom stereocenters. The highest BCUT2D eigenvalue weighted by atomic mass is 16.7. The molecule has 0 radical (unpaired) electrons. The molecule has 0 N–H and O–H groups in total. The van der Waals surface area contributed by atoms with Crippen LogP contribution in [0, 0.1) is 0 Å². The van der Waals surface area contributed by atoms with Gasteiger partial charge in [0.05, 0.1) is 0 Å². The molecule has 1 aliphatic rings. The van der Waals surface area contributed by atoms with Crippen molar-refractivity contribution in [1.82, 2.24) is 0 Å². The summed E-state index contributed by atoms with van der Waals surface area (Å²) in [6.45, 7) is 0. The molecule has 0 saturated heterocycles. The number of hydrogen-bond donors (Lipinski definition) is 0. The van der Waals surface area contributed by atoms with Crippen molar-refractivity contribution in [3.63, 3.8) is 0 Å². The van der Waals surface area contributed by atoms with Gasteiger partial charge in [-0.1, -0.05) is 18.2 Å². The number of rotatable bonds is 3. The Morgan fingerprint density at radius 1 is 1.12 bits per heavy atom. The molecule has 0 bridgehead atoms. The van der Waals surface area contributed by atoms with Gasteiger partial charge in [0.15, 0.2) is 6.29 Å². The molecule has 0 fully saturated rings. The van der Waals surface area contributed by atoms with Crippen molar-refractivity contribution in [2.45, 2.75) is 12.4 Å². The quantitative estimate of drug-likeness (QED) is 0.728.